The first kappa shape index (κ1) is 27.1. The van der Waals surface area contributed by atoms with Crippen LogP contribution in [-0.2, 0) is 9.59 Å². The standard InChI is InChI=1S/C25H26BrN5O4S2/c1-34-20-13-17(12-19(26)23(20)35-15-22(33)31-10-6-3-7-11-31)14-27-28-21(32)16-36-25-30-29-24(37-25)18-8-4-2-5-9-18/h2,4-5,8-9,12-14H,3,6-7,10-11,15-16H2,1H3,(H,28,32). The zero-order chi connectivity index (χ0) is 26.0. The van der Waals surface area contributed by atoms with Gasteiger partial charge in [0.1, 0.15) is 5.01 Å². The van der Waals surface area contributed by atoms with Crippen molar-refractivity contribution >= 4 is 57.1 Å². The Morgan fingerprint density at radius 1 is 1.19 bits per heavy atom. The van der Waals surface area contributed by atoms with E-state index in [9.17, 15) is 9.59 Å². The average Bonchev–Trinajstić information content (AvgIpc) is 3.41. The highest BCUT2D eigenvalue weighted by Gasteiger charge is 2.19. The molecule has 2 amide bonds. The lowest BCUT2D eigenvalue weighted by Crippen LogP contribution is -2.38. The summed E-state index contributed by atoms with van der Waals surface area (Å²) < 4.78 is 12.6. The van der Waals surface area contributed by atoms with Crippen molar-refractivity contribution in [3.05, 3.63) is 52.5 Å². The summed E-state index contributed by atoms with van der Waals surface area (Å²) in [6.07, 6.45) is 4.72. The van der Waals surface area contributed by atoms with Crippen LogP contribution in [0.5, 0.6) is 11.5 Å². The van der Waals surface area contributed by atoms with E-state index in [0.29, 0.717) is 25.9 Å². The van der Waals surface area contributed by atoms with Gasteiger partial charge in [0.15, 0.2) is 22.4 Å². The highest BCUT2D eigenvalue weighted by Crippen LogP contribution is 2.36. The van der Waals surface area contributed by atoms with Crippen LogP contribution in [0.4, 0.5) is 0 Å². The van der Waals surface area contributed by atoms with E-state index in [1.165, 1.54) is 36.4 Å². The van der Waals surface area contributed by atoms with Gasteiger partial charge in [-0.1, -0.05) is 53.4 Å². The lowest BCUT2D eigenvalue weighted by molar-refractivity contribution is -0.134. The summed E-state index contributed by atoms with van der Waals surface area (Å²) in [5.74, 6) is 0.752. The highest BCUT2D eigenvalue weighted by molar-refractivity contribution is 9.10. The van der Waals surface area contributed by atoms with Gasteiger partial charge in [-0.2, -0.15) is 5.10 Å². The van der Waals surface area contributed by atoms with Crippen LogP contribution in [0.15, 0.2) is 56.4 Å². The third-order valence-corrected chi connectivity index (χ3v) is 8.15. The molecule has 2 heterocycles. The van der Waals surface area contributed by atoms with Crippen molar-refractivity contribution in [1.29, 1.82) is 0 Å². The Bertz CT molecular complexity index is 1250. The van der Waals surface area contributed by atoms with Crippen molar-refractivity contribution in [3.8, 4) is 22.1 Å². The van der Waals surface area contributed by atoms with Gasteiger partial charge < -0.3 is 14.4 Å². The number of piperidine rings is 1. The molecule has 9 nitrogen and oxygen atoms in total. The molecule has 0 saturated carbocycles. The molecule has 0 aliphatic carbocycles. The molecule has 0 radical (unpaired) electrons. The maximum absolute atomic E-state index is 12.4. The van der Waals surface area contributed by atoms with Gasteiger partial charge in [0.25, 0.3) is 11.8 Å². The molecule has 12 heteroatoms. The van der Waals surface area contributed by atoms with Gasteiger partial charge >= 0.3 is 0 Å². The molecule has 0 unspecified atom stereocenters. The van der Waals surface area contributed by atoms with Gasteiger partial charge in [-0.15, -0.1) is 10.2 Å². The van der Waals surface area contributed by atoms with E-state index >= 15 is 0 Å². The number of likely N-dealkylation sites (tertiary alicyclic amines) is 1. The molecule has 0 atom stereocenters. The SMILES string of the molecule is COc1cc(C=NNC(=O)CSc2nnc(-c3ccccc3)s2)cc(Br)c1OCC(=O)N1CCCCC1. The number of ether oxygens (including phenoxy) is 2. The van der Waals surface area contributed by atoms with Crippen LogP contribution in [0.3, 0.4) is 0 Å². The van der Waals surface area contributed by atoms with E-state index in [0.717, 1.165) is 42.9 Å². The van der Waals surface area contributed by atoms with Crippen LogP contribution < -0.4 is 14.9 Å². The van der Waals surface area contributed by atoms with Crippen LogP contribution >= 0.6 is 39.0 Å². The molecule has 3 aromatic rings. The molecule has 1 N–H and O–H groups in total. The molecule has 194 valence electrons. The largest absolute Gasteiger partial charge is 0.493 e. The number of carbonyl (C=O) groups is 2. The van der Waals surface area contributed by atoms with Crippen LogP contribution in [0, 0.1) is 0 Å². The number of aromatic nitrogens is 2. The molecule has 1 aliphatic heterocycles. The first-order valence-electron chi connectivity index (χ1n) is 11.6. The third-order valence-electron chi connectivity index (χ3n) is 5.46. The number of hydrogen-bond donors (Lipinski definition) is 1. The number of carbonyl (C=O) groups excluding carboxylic acids is 2. The first-order chi connectivity index (χ1) is 18.0. The summed E-state index contributed by atoms with van der Waals surface area (Å²) >= 11 is 6.22. The molecule has 4 rings (SSSR count). The fraction of sp³-hybridized carbons (Fsp3) is 0.320. The van der Waals surface area contributed by atoms with Crippen molar-refractivity contribution in [2.24, 2.45) is 5.10 Å². The first-order valence-corrected chi connectivity index (χ1v) is 14.2. The summed E-state index contributed by atoms with van der Waals surface area (Å²) in [5.41, 5.74) is 4.19. The van der Waals surface area contributed by atoms with E-state index in [2.05, 4.69) is 36.7 Å². The molecule has 1 fully saturated rings. The van der Waals surface area contributed by atoms with E-state index in [4.69, 9.17) is 9.47 Å². The maximum atomic E-state index is 12.4. The number of thioether (sulfide) groups is 1. The van der Waals surface area contributed by atoms with Crippen molar-refractivity contribution < 1.29 is 19.1 Å². The number of halogens is 1. The second-order valence-electron chi connectivity index (χ2n) is 8.09. The highest BCUT2D eigenvalue weighted by atomic mass is 79.9. The molecule has 1 saturated heterocycles. The Morgan fingerprint density at radius 3 is 2.73 bits per heavy atom. The number of rotatable bonds is 10. The Balaban J connectivity index is 1.27. The lowest BCUT2D eigenvalue weighted by atomic mass is 10.1. The fourth-order valence-corrected chi connectivity index (χ4v) is 5.85. The maximum Gasteiger partial charge on any atom is 0.260 e. The minimum absolute atomic E-state index is 0.0373. The number of nitrogens with zero attached hydrogens (tertiary/aromatic N) is 4. The Hall–Kier alpha value is -2.96. The van der Waals surface area contributed by atoms with E-state index in [-0.39, 0.29) is 24.2 Å². The number of benzene rings is 2. The summed E-state index contributed by atoms with van der Waals surface area (Å²) in [5, 5.41) is 13.2. The number of amides is 2. The third kappa shape index (κ3) is 7.76. The zero-order valence-electron chi connectivity index (χ0n) is 20.2. The summed E-state index contributed by atoms with van der Waals surface area (Å²) in [7, 11) is 1.53. The fourth-order valence-electron chi connectivity index (χ4n) is 3.63. The predicted octanol–water partition coefficient (Wildman–Crippen LogP) is 4.61. The second kappa shape index (κ2) is 13.5. The topological polar surface area (TPSA) is 106 Å². The molecule has 37 heavy (non-hydrogen) atoms. The quantitative estimate of drug-likeness (QED) is 0.205. The van der Waals surface area contributed by atoms with E-state index in [1.807, 2.05) is 35.2 Å². The zero-order valence-corrected chi connectivity index (χ0v) is 23.4. The summed E-state index contributed by atoms with van der Waals surface area (Å²) in [4.78, 5) is 26.5. The second-order valence-corrected chi connectivity index (χ2v) is 11.1. The van der Waals surface area contributed by atoms with Gasteiger partial charge in [-0.3, -0.25) is 9.59 Å². The van der Waals surface area contributed by atoms with Crippen molar-refractivity contribution in [2.75, 3.05) is 32.6 Å². The van der Waals surface area contributed by atoms with Gasteiger partial charge in [0.2, 0.25) is 0 Å². The van der Waals surface area contributed by atoms with E-state index in [1.54, 1.807) is 12.1 Å². The monoisotopic (exact) mass is 603 g/mol. The molecule has 0 spiro atoms. The number of methoxy groups -OCH3 is 1. The van der Waals surface area contributed by atoms with Gasteiger partial charge in [-0.05, 0) is 52.9 Å². The number of hydrogen-bond acceptors (Lipinski definition) is 9. The van der Waals surface area contributed by atoms with Crippen LogP contribution in [-0.4, -0.2) is 65.7 Å². The molecule has 1 aliphatic rings. The Labute approximate surface area is 231 Å². The Morgan fingerprint density at radius 2 is 1.97 bits per heavy atom. The van der Waals surface area contributed by atoms with Crippen LogP contribution in [0.1, 0.15) is 24.8 Å². The van der Waals surface area contributed by atoms with E-state index < -0.39 is 0 Å². The number of nitrogens with one attached hydrogen (secondary N) is 1. The van der Waals surface area contributed by atoms with Crippen molar-refractivity contribution in [1.82, 2.24) is 20.5 Å². The summed E-state index contributed by atoms with van der Waals surface area (Å²) in [6.45, 7) is 1.49. The molecule has 1 aromatic heterocycles. The number of hydrazone groups is 1. The minimum atomic E-state index is -0.264. The van der Waals surface area contributed by atoms with Gasteiger partial charge in [-0.25, -0.2) is 5.43 Å². The average molecular weight is 605 g/mol. The van der Waals surface area contributed by atoms with Crippen molar-refractivity contribution in [2.45, 2.75) is 23.6 Å². The molecule has 2 aromatic carbocycles. The van der Waals surface area contributed by atoms with Crippen molar-refractivity contribution in [3.63, 3.8) is 0 Å². The van der Waals surface area contributed by atoms with Gasteiger partial charge in [0, 0.05) is 18.7 Å². The smallest absolute Gasteiger partial charge is 0.260 e. The van der Waals surface area contributed by atoms with Gasteiger partial charge in [0.05, 0.1) is 23.5 Å². The Kier molecular flexibility index (Phi) is 9.92. The van der Waals surface area contributed by atoms with Crippen LogP contribution in [0.25, 0.3) is 10.6 Å². The normalized spacial score (nSPS) is 13.5. The predicted molar refractivity (Wildman–Crippen MR) is 148 cm³/mol. The van der Waals surface area contributed by atoms with Crippen LogP contribution in [0.2, 0.25) is 0 Å². The molecule has 0 bridgehead atoms. The lowest BCUT2D eigenvalue weighted by Gasteiger charge is -2.26. The summed E-state index contributed by atoms with van der Waals surface area (Å²) in [6, 6.07) is 13.3. The molecular weight excluding hydrogens is 578 g/mol. The molecular formula is C25H26BrN5O4S2. The minimum Gasteiger partial charge on any atom is -0.493 e.